The smallest absolute Gasteiger partial charge is 0.323 e. The summed E-state index contributed by atoms with van der Waals surface area (Å²) >= 11 is 0. The zero-order chi connectivity index (χ0) is 17.7. The molecule has 1 aromatic carbocycles. The minimum atomic E-state index is -1.12. The van der Waals surface area contributed by atoms with Crippen LogP contribution in [0.3, 0.4) is 0 Å². The number of hydrogen-bond donors (Lipinski definition) is 0. The molecule has 5 heteroatoms. The Labute approximate surface area is 143 Å². The van der Waals surface area contributed by atoms with Crippen LogP contribution in [0.1, 0.15) is 39.7 Å². The van der Waals surface area contributed by atoms with E-state index in [1.165, 1.54) is 0 Å². The molecule has 0 N–H and O–H groups in total. The molecule has 0 saturated carbocycles. The molecule has 5 nitrogen and oxygen atoms in total. The van der Waals surface area contributed by atoms with Crippen molar-refractivity contribution in [2.45, 2.75) is 45.8 Å². The van der Waals surface area contributed by atoms with Gasteiger partial charge in [0.1, 0.15) is 5.60 Å². The average Bonchev–Trinajstić information content (AvgIpc) is 2.51. The van der Waals surface area contributed by atoms with Gasteiger partial charge in [-0.2, -0.15) is 0 Å². The molecule has 132 valence electrons. The van der Waals surface area contributed by atoms with Crippen LogP contribution >= 0.6 is 0 Å². The molecule has 1 heterocycles. The maximum atomic E-state index is 12.5. The molecule has 2 rings (SSSR count). The molecule has 1 saturated heterocycles. The zero-order valence-corrected chi connectivity index (χ0v) is 14.8. The van der Waals surface area contributed by atoms with Gasteiger partial charge in [0.25, 0.3) is 0 Å². The zero-order valence-electron chi connectivity index (χ0n) is 14.8. The second kappa shape index (κ2) is 7.79. The largest absolute Gasteiger partial charge is 0.465 e. The van der Waals surface area contributed by atoms with Crippen LogP contribution in [0.4, 0.5) is 0 Å². The van der Waals surface area contributed by atoms with Crippen molar-refractivity contribution in [1.82, 2.24) is 0 Å². The minimum Gasteiger partial charge on any atom is -0.465 e. The Morgan fingerprint density at radius 1 is 1.12 bits per heavy atom. The molecule has 1 aliphatic rings. The van der Waals surface area contributed by atoms with Gasteiger partial charge in [-0.3, -0.25) is 9.59 Å². The van der Waals surface area contributed by atoms with Crippen molar-refractivity contribution in [3.8, 4) is 0 Å². The SMILES string of the molecule is CCOC(=O)C(C(=O)OCC)C1(c2ccccc2)CC(C(C)C)O1. The van der Waals surface area contributed by atoms with Gasteiger partial charge < -0.3 is 14.2 Å². The van der Waals surface area contributed by atoms with Crippen molar-refractivity contribution >= 4 is 11.9 Å². The Balaban J connectivity index is 2.42. The van der Waals surface area contributed by atoms with Gasteiger partial charge in [-0.1, -0.05) is 44.2 Å². The second-order valence-electron chi connectivity index (χ2n) is 6.30. The molecule has 0 radical (unpaired) electrons. The van der Waals surface area contributed by atoms with Crippen LogP contribution in [-0.2, 0) is 29.4 Å². The topological polar surface area (TPSA) is 61.8 Å². The highest BCUT2D eigenvalue weighted by Gasteiger charge is 2.59. The third-order valence-electron chi connectivity index (χ3n) is 4.38. The Morgan fingerprint density at radius 3 is 2.04 bits per heavy atom. The Bertz CT molecular complexity index is 542. The lowest BCUT2D eigenvalue weighted by molar-refractivity contribution is -0.258. The summed E-state index contributed by atoms with van der Waals surface area (Å²) in [4.78, 5) is 25.1. The Hall–Kier alpha value is -1.88. The fourth-order valence-electron chi connectivity index (χ4n) is 3.12. The van der Waals surface area contributed by atoms with Gasteiger partial charge >= 0.3 is 11.9 Å². The van der Waals surface area contributed by atoms with Crippen LogP contribution in [0.2, 0.25) is 0 Å². The van der Waals surface area contributed by atoms with Crippen LogP contribution in [0.15, 0.2) is 30.3 Å². The minimum absolute atomic E-state index is 0.00319. The molecule has 1 fully saturated rings. The first-order valence-electron chi connectivity index (χ1n) is 8.52. The van der Waals surface area contributed by atoms with Gasteiger partial charge in [0.05, 0.1) is 19.3 Å². The lowest BCUT2D eigenvalue weighted by Crippen LogP contribution is -2.59. The van der Waals surface area contributed by atoms with Crippen LogP contribution in [0.25, 0.3) is 0 Å². The number of ether oxygens (including phenoxy) is 3. The predicted molar refractivity (Wildman–Crippen MR) is 89.2 cm³/mol. The summed E-state index contributed by atoms with van der Waals surface area (Å²) in [5.74, 6) is -2.01. The van der Waals surface area contributed by atoms with Crippen molar-refractivity contribution in [2.75, 3.05) is 13.2 Å². The van der Waals surface area contributed by atoms with Crippen LogP contribution in [0, 0.1) is 11.8 Å². The summed E-state index contributed by atoms with van der Waals surface area (Å²) in [6.45, 7) is 7.95. The van der Waals surface area contributed by atoms with Crippen molar-refractivity contribution in [2.24, 2.45) is 11.8 Å². The standard InChI is InChI=1S/C19H26O5/c1-5-22-17(20)16(18(21)23-6-2)19(12-15(24-19)13(3)4)14-10-8-7-9-11-14/h7-11,13,15-16H,5-6,12H2,1-4H3. The van der Waals surface area contributed by atoms with E-state index in [2.05, 4.69) is 13.8 Å². The van der Waals surface area contributed by atoms with Crippen LogP contribution in [0.5, 0.6) is 0 Å². The molecule has 0 aliphatic carbocycles. The molecule has 1 aromatic rings. The van der Waals surface area contributed by atoms with E-state index < -0.39 is 23.5 Å². The number of carbonyl (C=O) groups excluding carboxylic acids is 2. The number of rotatable bonds is 7. The molecule has 1 aliphatic heterocycles. The van der Waals surface area contributed by atoms with Crippen molar-refractivity contribution in [3.63, 3.8) is 0 Å². The lowest BCUT2D eigenvalue weighted by atomic mass is 9.71. The maximum absolute atomic E-state index is 12.5. The van der Waals surface area contributed by atoms with Gasteiger partial charge in [0.2, 0.25) is 0 Å². The summed E-state index contributed by atoms with van der Waals surface area (Å²) in [5.41, 5.74) is -0.220. The Morgan fingerprint density at radius 2 is 1.62 bits per heavy atom. The monoisotopic (exact) mass is 334 g/mol. The first-order chi connectivity index (χ1) is 11.5. The molecule has 0 bridgehead atoms. The average molecular weight is 334 g/mol. The van der Waals surface area contributed by atoms with Crippen LogP contribution in [-0.4, -0.2) is 31.3 Å². The quantitative estimate of drug-likeness (QED) is 0.566. The highest BCUT2D eigenvalue weighted by atomic mass is 16.6. The van der Waals surface area contributed by atoms with Gasteiger partial charge in [0.15, 0.2) is 5.92 Å². The van der Waals surface area contributed by atoms with Gasteiger partial charge in [-0.15, -0.1) is 0 Å². The first-order valence-corrected chi connectivity index (χ1v) is 8.52. The van der Waals surface area contributed by atoms with Crippen LogP contribution < -0.4 is 0 Å². The normalized spacial score (nSPS) is 23.0. The molecule has 0 spiro atoms. The third kappa shape index (κ3) is 3.46. The van der Waals surface area contributed by atoms with E-state index in [1.54, 1.807) is 13.8 Å². The molecule has 24 heavy (non-hydrogen) atoms. The third-order valence-corrected chi connectivity index (χ3v) is 4.38. The summed E-state index contributed by atoms with van der Waals surface area (Å²) in [6, 6.07) is 9.39. The van der Waals surface area contributed by atoms with E-state index in [4.69, 9.17) is 14.2 Å². The Kier molecular flexibility index (Phi) is 5.99. The molecular formula is C19H26O5. The first kappa shape index (κ1) is 18.5. The van der Waals surface area contributed by atoms with E-state index in [9.17, 15) is 9.59 Å². The molecule has 2 atom stereocenters. The van der Waals surface area contributed by atoms with Crippen molar-refractivity contribution in [3.05, 3.63) is 35.9 Å². The van der Waals surface area contributed by atoms with E-state index in [-0.39, 0.29) is 19.3 Å². The summed E-state index contributed by atoms with van der Waals surface area (Å²) in [5, 5.41) is 0. The van der Waals surface area contributed by atoms with Gasteiger partial charge in [0, 0.05) is 6.42 Å². The highest BCUT2D eigenvalue weighted by Crippen LogP contribution is 2.50. The molecule has 2 unspecified atom stereocenters. The fraction of sp³-hybridized carbons (Fsp3) is 0.579. The number of carbonyl (C=O) groups is 2. The number of esters is 2. The molecule has 0 aromatic heterocycles. The van der Waals surface area contributed by atoms with Crippen molar-refractivity contribution in [1.29, 1.82) is 0 Å². The van der Waals surface area contributed by atoms with E-state index in [0.717, 1.165) is 5.56 Å². The van der Waals surface area contributed by atoms with Gasteiger partial charge in [-0.25, -0.2) is 0 Å². The van der Waals surface area contributed by atoms with Crippen molar-refractivity contribution < 1.29 is 23.8 Å². The second-order valence-corrected chi connectivity index (χ2v) is 6.30. The summed E-state index contributed by atoms with van der Waals surface area (Å²) in [7, 11) is 0. The van der Waals surface area contributed by atoms with E-state index in [1.807, 2.05) is 30.3 Å². The summed E-state index contributed by atoms with van der Waals surface area (Å²) in [6.07, 6.45) is 0.577. The van der Waals surface area contributed by atoms with Gasteiger partial charge in [-0.05, 0) is 25.3 Å². The highest BCUT2D eigenvalue weighted by molar-refractivity contribution is 5.96. The predicted octanol–water partition coefficient (Wildman–Crippen LogP) is 3.07. The van der Waals surface area contributed by atoms with E-state index >= 15 is 0 Å². The van der Waals surface area contributed by atoms with E-state index in [0.29, 0.717) is 12.3 Å². The lowest BCUT2D eigenvalue weighted by Gasteiger charge is -2.52. The number of benzene rings is 1. The molecular weight excluding hydrogens is 308 g/mol. The summed E-state index contributed by atoms with van der Waals surface area (Å²) < 4.78 is 16.5. The maximum Gasteiger partial charge on any atom is 0.323 e. The molecule has 0 amide bonds. The number of hydrogen-bond acceptors (Lipinski definition) is 5. The fourth-order valence-corrected chi connectivity index (χ4v) is 3.12.